The second kappa shape index (κ2) is 33.4. The summed E-state index contributed by atoms with van der Waals surface area (Å²) < 4.78 is 34.1. The number of nitrogens with zero attached hydrogens (tertiary/aromatic N) is 1. The molecule has 0 saturated carbocycles. The van der Waals surface area contributed by atoms with E-state index in [-0.39, 0.29) is 41.8 Å². The molecule has 2 aromatic carbocycles. The van der Waals surface area contributed by atoms with Gasteiger partial charge in [0.2, 0.25) is 41.7 Å². The smallest absolute Gasteiger partial charge is 0.306 e. The van der Waals surface area contributed by atoms with Gasteiger partial charge in [0.05, 0.1) is 50.7 Å². The van der Waals surface area contributed by atoms with Crippen LogP contribution in [-0.2, 0) is 63.7 Å². The highest BCUT2D eigenvalue weighted by Crippen LogP contribution is 2.34. The van der Waals surface area contributed by atoms with Gasteiger partial charge in [-0.3, -0.25) is 44.4 Å². The van der Waals surface area contributed by atoms with Gasteiger partial charge >= 0.3 is 5.97 Å². The number of rotatable bonds is 20. The molecule has 6 fully saturated rings. The lowest BCUT2D eigenvalue weighted by Crippen LogP contribution is -2.69. The zero-order valence-electron chi connectivity index (χ0n) is 53.1. The molecule has 0 radical (unpaired) electrons. The summed E-state index contributed by atoms with van der Waals surface area (Å²) in [5.74, 6) is -10.7. The number of aliphatic hydroxyl groups is 13. The van der Waals surface area contributed by atoms with Crippen LogP contribution < -0.4 is 58.3 Å². The second-order valence-electron chi connectivity index (χ2n) is 24.9. The van der Waals surface area contributed by atoms with Gasteiger partial charge in [0, 0.05) is 31.8 Å². The fraction of sp³-hybridized carbons (Fsp3) is 0.644. The molecule has 39 heteroatoms. The van der Waals surface area contributed by atoms with Crippen LogP contribution in [0, 0.1) is 16.7 Å². The van der Waals surface area contributed by atoms with Gasteiger partial charge in [0.15, 0.2) is 30.5 Å². The Morgan fingerprint density at radius 2 is 1.23 bits per heavy atom. The number of esters is 1. The fourth-order valence-corrected chi connectivity index (χ4v) is 12.1. The van der Waals surface area contributed by atoms with Crippen molar-refractivity contribution in [3.8, 4) is 5.75 Å². The third-order valence-electron chi connectivity index (χ3n) is 17.5. The number of carbonyl (C=O) groups is 7. The third-order valence-corrected chi connectivity index (χ3v) is 17.5. The number of anilines is 1. The molecule has 0 spiro atoms. The molecule has 25 atom stereocenters. The quantitative estimate of drug-likeness (QED) is 0.0432. The Hall–Kier alpha value is -7.81. The molecule has 98 heavy (non-hydrogen) atoms. The molecule has 6 amide bonds. The number of amides is 6. The van der Waals surface area contributed by atoms with Crippen molar-refractivity contribution in [1.29, 1.82) is 10.8 Å². The van der Waals surface area contributed by atoms with E-state index in [9.17, 15) is 90.4 Å². The van der Waals surface area contributed by atoms with Crippen LogP contribution in [0.5, 0.6) is 5.75 Å². The molecule has 2 aromatic rings. The minimum absolute atomic E-state index is 0.0869. The molecule has 0 bridgehead atoms. The number of carbonyl (C=O) groups excluding carboxylic acids is 7. The molecule has 544 valence electrons. The van der Waals surface area contributed by atoms with Gasteiger partial charge in [-0.25, -0.2) is 0 Å². The summed E-state index contributed by atoms with van der Waals surface area (Å²) in [7, 11) is 0. The fourth-order valence-electron chi connectivity index (χ4n) is 12.1. The zero-order chi connectivity index (χ0) is 71.7. The van der Waals surface area contributed by atoms with E-state index in [1.807, 2.05) is 0 Å². The highest BCUT2D eigenvalue weighted by Gasteiger charge is 2.55. The molecule has 6 saturated heterocycles. The first-order chi connectivity index (χ1) is 46.5. The van der Waals surface area contributed by atoms with Crippen LogP contribution in [0.4, 0.5) is 5.69 Å². The van der Waals surface area contributed by atoms with Gasteiger partial charge in [-0.05, 0) is 29.2 Å². The summed E-state index contributed by atoms with van der Waals surface area (Å²) in [4.78, 5) is 101. The van der Waals surface area contributed by atoms with E-state index in [1.165, 1.54) is 18.2 Å². The minimum atomic E-state index is -2.38. The lowest BCUT2D eigenvalue weighted by atomic mass is 9.92. The Bertz CT molecular complexity index is 3150. The van der Waals surface area contributed by atoms with Crippen LogP contribution >= 0.6 is 0 Å². The van der Waals surface area contributed by atoms with Gasteiger partial charge in [-0.1, -0.05) is 57.2 Å². The summed E-state index contributed by atoms with van der Waals surface area (Å²) in [5, 5.41) is 182. The number of ether oxygens (including phenoxy) is 6. The summed E-state index contributed by atoms with van der Waals surface area (Å²) in [6.45, 7) is -0.636. The van der Waals surface area contributed by atoms with Gasteiger partial charge in [0.1, 0.15) is 115 Å². The molecule has 6 heterocycles. The van der Waals surface area contributed by atoms with Gasteiger partial charge < -0.3 is 153 Å². The van der Waals surface area contributed by atoms with Crippen molar-refractivity contribution >= 4 is 59.0 Å². The Morgan fingerprint density at radius 3 is 1.87 bits per heavy atom. The predicted molar refractivity (Wildman–Crippen MR) is 329 cm³/mol. The maximum absolute atomic E-state index is 15.2. The van der Waals surface area contributed by atoms with Gasteiger partial charge in [0.25, 0.3) is 0 Å². The second-order valence-corrected chi connectivity index (χ2v) is 24.9. The largest absolute Gasteiger partial charge is 0.460 e. The number of hydrogen-bond donors (Lipinski definition) is 25. The molecule has 26 N–H and O–H groups in total. The van der Waals surface area contributed by atoms with Gasteiger partial charge in [-0.2, -0.15) is 0 Å². The minimum Gasteiger partial charge on any atom is -0.460 e. The molecular weight excluding hydrogens is 1310 g/mol. The molecule has 8 rings (SSSR count). The standard InChI is InChI=1S/C59H87N13O26/c1-21(2)11-35(78)97-49-42(82)32(19-75)95-57(47(49)87)98-48-33(20-76)96-56(46(86)44(48)84)94-30-10-9-23(12-25(30)60)13-26-51(89)70-37(39(79)27-14-64-58(61)68-27)54(92)71-38(40(80)29-15-65-59(62)72(29)55-45(85)43(83)41(81)31(18-74)93-55)53(91)67-28(17-73)50(88)63-16-34(77)69-36(52(90)66-26)22(3)24-7-5-4-6-8-24/h4-10,12,21-22,26-29,31-33,36-49,55-57,73-76,79-87H,11,13-20,60H2,1-3H3,(H2,62,65)(H,63,88)(H,66,90)(H,67,91)(H,69,77)(H,70,89)(H,71,92)(H3,61,64,68). The van der Waals surface area contributed by atoms with Crippen LogP contribution in [0.25, 0.3) is 0 Å². The number of nitrogen functional groups attached to an aromatic ring is 1. The highest BCUT2D eigenvalue weighted by atomic mass is 16.7. The molecule has 25 unspecified atom stereocenters. The first kappa shape index (κ1) is 76.0. The van der Waals surface area contributed by atoms with E-state index in [2.05, 4.69) is 47.9 Å². The van der Waals surface area contributed by atoms with Crippen molar-refractivity contribution in [2.24, 2.45) is 5.92 Å². The van der Waals surface area contributed by atoms with E-state index in [4.69, 9.17) is 45.0 Å². The van der Waals surface area contributed by atoms with Crippen molar-refractivity contribution in [3.63, 3.8) is 0 Å². The Balaban J connectivity index is 1.10. The third kappa shape index (κ3) is 17.4. The monoisotopic (exact) mass is 1390 g/mol. The van der Waals surface area contributed by atoms with Crippen molar-refractivity contribution in [1.82, 2.24) is 52.8 Å². The zero-order valence-corrected chi connectivity index (χ0v) is 53.1. The molecular formula is C59H87N13O26. The van der Waals surface area contributed by atoms with E-state index >= 15 is 9.59 Å². The Morgan fingerprint density at radius 1 is 0.612 bits per heavy atom. The SMILES string of the molecule is CC(C)CC(=O)OC1C(O)C(CO)OC(OC2C(CO)OC(Oc3ccc(CC4NC(=O)C(C(C)c5ccccc5)NC(=O)CNC(=O)C(CO)NC(=O)C(C(O)C5CNC(=N)N5C5OC(CO)C(O)C(O)C5O)NC(=O)C(C(O)C5CNC(=N)N5)NC4=O)cc3N)C(O)C2O)C1O. The molecule has 0 aliphatic carbocycles. The normalized spacial score (nSPS) is 35.7. The van der Waals surface area contributed by atoms with Crippen LogP contribution in [0.1, 0.15) is 44.2 Å². The van der Waals surface area contributed by atoms with Crippen molar-refractivity contribution in [2.45, 2.75) is 186 Å². The van der Waals surface area contributed by atoms with Crippen LogP contribution in [0.2, 0.25) is 0 Å². The average molecular weight is 1390 g/mol. The first-order valence-corrected chi connectivity index (χ1v) is 31.5. The molecule has 0 aromatic heterocycles. The number of nitrogens with one attached hydrogen (secondary N) is 11. The van der Waals surface area contributed by atoms with Crippen molar-refractivity contribution in [3.05, 3.63) is 59.7 Å². The van der Waals surface area contributed by atoms with Crippen molar-refractivity contribution in [2.75, 3.05) is 51.8 Å². The highest BCUT2D eigenvalue weighted by molar-refractivity contribution is 5.98. The maximum atomic E-state index is 15.2. The van der Waals surface area contributed by atoms with E-state index in [1.54, 1.807) is 51.1 Å². The Kier molecular flexibility index (Phi) is 25.9. The lowest BCUT2D eigenvalue weighted by Gasteiger charge is -2.46. The number of nitrogens with two attached hydrogens (primary N) is 1. The number of guanidine groups is 2. The van der Waals surface area contributed by atoms with E-state index in [0.717, 1.165) is 4.90 Å². The molecule has 39 nitrogen and oxygen atoms in total. The topological polar surface area (TPSA) is 623 Å². The number of benzene rings is 2. The molecule has 6 aliphatic heterocycles. The predicted octanol–water partition coefficient (Wildman–Crippen LogP) is -12.0. The summed E-state index contributed by atoms with van der Waals surface area (Å²) in [5.41, 5.74) is 6.82. The van der Waals surface area contributed by atoms with E-state index < -0.39 is 246 Å². The van der Waals surface area contributed by atoms with E-state index in [0.29, 0.717) is 5.56 Å². The first-order valence-electron chi connectivity index (χ1n) is 31.5. The molecule has 6 aliphatic rings. The average Bonchev–Trinajstić information content (AvgIpc) is 1.44. The maximum Gasteiger partial charge on any atom is 0.306 e. The summed E-state index contributed by atoms with van der Waals surface area (Å²) in [6.07, 6.45) is -32.6. The Labute approximate surface area is 558 Å². The summed E-state index contributed by atoms with van der Waals surface area (Å²) in [6, 6.07) is -1.16. The van der Waals surface area contributed by atoms with Crippen LogP contribution in [0.3, 0.4) is 0 Å². The van der Waals surface area contributed by atoms with Crippen molar-refractivity contribution < 1.29 is 128 Å². The summed E-state index contributed by atoms with van der Waals surface area (Å²) >= 11 is 0. The van der Waals surface area contributed by atoms with Crippen LogP contribution in [-0.4, -0.2) is 317 Å². The number of aliphatic hydroxyl groups excluding tert-OH is 13. The van der Waals surface area contributed by atoms with Gasteiger partial charge in [-0.15, -0.1) is 0 Å². The number of hydrogen-bond acceptors (Lipinski definition) is 29. The lowest BCUT2D eigenvalue weighted by molar-refractivity contribution is -0.353. The van der Waals surface area contributed by atoms with Crippen LogP contribution in [0.15, 0.2) is 48.5 Å².